The van der Waals surface area contributed by atoms with Crippen molar-refractivity contribution >= 4 is 15.9 Å². The van der Waals surface area contributed by atoms with Gasteiger partial charge < -0.3 is 14.4 Å². The molecule has 1 amide bonds. The third-order valence-electron chi connectivity index (χ3n) is 2.36. The minimum atomic E-state index is -3.23. The van der Waals surface area contributed by atoms with Crippen LogP contribution in [0, 0.1) is 0 Å². The van der Waals surface area contributed by atoms with Gasteiger partial charge in [-0.25, -0.2) is 13.1 Å². The second kappa shape index (κ2) is 6.29. The van der Waals surface area contributed by atoms with Crippen LogP contribution in [-0.4, -0.2) is 71.5 Å². The lowest BCUT2D eigenvalue weighted by atomic mass is 10.2. The van der Waals surface area contributed by atoms with E-state index in [1.165, 1.54) is 0 Å². The highest BCUT2D eigenvalue weighted by Crippen LogP contribution is 2.05. The van der Waals surface area contributed by atoms with E-state index in [9.17, 15) is 13.2 Å². The van der Waals surface area contributed by atoms with Gasteiger partial charge in [0.05, 0.1) is 19.0 Å². The topological polar surface area (TPSA) is 84.9 Å². The van der Waals surface area contributed by atoms with E-state index in [0.717, 1.165) is 6.26 Å². The van der Waals surface area contributed by atoms with Crippen molar-refractivity contribution in [2.24, 2.45) is 0 Å². The fourth-order valence-electron chi connectivity index (χ4n) is 1.47. The number of hydrogen-bond donors (Lipinski definition) is 1. The van der Waals surface area contributed by atoms with Crippen LogP contribution < -0.4 is 4.72 Å². The Morgan fingerprint density at radius 1 is 1.59 bits per heavy atom. The molecule has 1 atom stereocenters. The molecule has 1 fully saturated rings. The summed E-state index contributed by atoms with van der Waals surface area (Å²) in [4.78, 5) is 13.1. The molecule has 0 aliphatic carbocycles. The maximum Gasteiger partial charge on any atom is 0.248 e. The Labute approximate surface area is 101 Å². The highest BCUT2D eigenvalue weighted by atomic mass is 32.2. The van der Waals surface area contributed by atoms with E-state index in [0.29, 0.717) is 19.7 Å². The normalized spacial score (nSPS) is 21.9. The van der Waals surface area contributed by atoms with Gasteiger partial charge in [0.15, 0.2) is 0 Å². The van der Waals surface area contributed by atoms with E-state index in [-0.39, 0.29) is 25.2 Å². The molecule has 1 N–H and O–H groups in total. The van der Waals surface area contributed by atoms with Crippen LogP contribution in [0.4, 0.5) is 0 Å². The maximum atomic E-state index is 11.5. The van der Waals surface area contributed by atoms with Gasteiger partial charge in [0, 0.05) is 26.7 Å². The molecule has 1 rings (SSSR count). The number of sulfonamides is 1. The molecule has 0 aromatic heterocycles. The van der Waals surface area contributed by atoms with Gasteiger partial charge in [0.1, 0.15) is 6.61 Å². The van der Waals surface area contributed by atoms with E-state index in [1.54, 1.807) is 12.0 Å². The molecule has 0 spiro atoms. The molecule has 0 saturated carbocycles. The summed E-state index contributed by atoms with van der Waals surface area (Å²) in [5.41, 5.74) is 0. The summed E-state index contributed by atoms with van der Waals surface area (Å²) in [6, 6.07) is 0. The summed E-state index contributed by atoms with van der Waals surface area (Å²) in [5, 5.41) is 0. The van der Waals surface area contributed by atoms with Crippen molar-refractivity contribution in [3.63, 3.8) is 0 Å². The summed E-state index contributed by atoms with van der Waals surface area (Å²) < 4.78 is 34.3. The number of carbonyl (C=O) groups excluding carboxylic acids is 1. The van der Waals surface area contributed by atoms with Crippen molar-refractivity contribution in [3.05, 3.63) is 0 Å². The van der Waals surface area contributed by atoms with Crippen LogP contribution in [0.2, 0.25) is 0 Å². The van der Waals surface area contributed by atoms with Crippen LogP contribution in [-0.2, 0) is 24.3 Å². The summed E-state index contributed by atoms with van der Waals surface area (Å²) >= 11 is 0. The number of carbonyl (C=O) groups is 1. The van der Waals surface area contributed by atoms with Crippen molar-refractivity contribution in [2.75, 3.05) is 46.2 Å². The molecule has 1 aliphatic rings. The molecular weight excluding hydrogens is 248 g/mol. The Morgan fingerprint density at radius 3 is 2.88 bits per heavy atom. The highest BCUT2D eigenvalue weighted by molar-refractivity contribution is 7.88. The van der Waals surface area contributed by atoms with Crippen LogP contribution in [0.3, 0.4) is 0 Å². The Hall–Kier alpha value is -0.700. The predicted molar refractivity (Wildman–Crippen MR) is 61.0 cm³/mol. The predicted octanol–water partition coefficient (Wildman–Crippen LogP) is -1.59. The number of nitrogens with zero attached hydrogens (tertiary/aromatic N) is 1. The lowest BCUT2D eigenvalue weighted by Crippen LogP contribution is -2.51. The zero-order valence-electron chi connectivity index (χ0n) is 10.0. The van der Waals surface area contributed by atoms with E-state index in [2.05, 4.69) is 4.72 Å². The molecule has 1 saturated heterocycles. The Kier molecular flexibility index (Phi) is 5.31. The number of methoxy groups -OCH3 is 1. The lowest BCUT2D eigenvalue weighted by Gasteiger charge is -2.32. The minimum absolute atomic E-state index is 0.0141. The van der Waals surface area contributed by atoms with E-state index in [1.807, 2.05) is 0 Å². The van der Waals surface area contributed by atoms with Crippen LogP contribution in [0.25, 0.3) is 0 Å². The SMILES string of the molecule is COCCN1CC(CNS(C)(=O)=O)OCC1=O. The molecular formula is C9H18N2O5S. The smallest absolute Gasteiger partial charge is 0.248 e. The summed E-state index contributed by atoms with van der Waals surface area (Å²) in [5.74, 6) is -0.0994. The zero-order valence-corrected chi connectivity index (χ0v) is 10.8. The molecule has 8 heteroatoms. The number of ether oxygens (including phenoxy) is 2. The lowest BCUT2D eigenvalue weighted by molar-refractivity contribution is -0.149. The zero-order chi connectivity index (χ0) is 12.9. The number of morpholine rings is 1. The van der Waals surface area contributed by atoms with E-state index >= 15 is 0 Å². The first kappa shape index (κ1) is 14.4. The Balaban J connectivity index is 2.41. The average Bonchev–Trinajstić information content (AvgIpc) is 2.25. The third-order valence-corrected chi connectivity index (χ3v) is 3.05. The van der Waals surface area contributed by atoms with Crippen LogP contribution in [0.5, 0.6) is 0 Å². The van der Waals surface area contributed by atoms with Crippen molar-refractivity contribution < 1.29 is 22.7 Å². The van der Waals surface area contributed by atoms with Crippen LogP contribution in [0.1, 0.15) is 0 Å². The van der Waals surface area contributed by atoms with Crippen LogP contribution >= 0.6 is 0 Å². The van der Waals surface area contributed by atoms with Gasteiger partial charge in [-0.15, -0.1) is 0 Å². The van der Waals surface area contributed by atoms with Gasteiger partial charge in [-0.05, 0) is 0 Å². The van der Waals surface area contributed by atoms with Gasteiger partial charge in [-0.1, -0.05) is 0 Å². The molecule has 0 aromatic carbocycles. The number of nitrogens with one attached hydrogen (secondary N) is 1. The standard InChI is InChI=1S/C9H18N2O5S/c1-15-4-3-11-6-8(16-7-9(11)12)5-10-17(2,13)14/h8,10H,3-7H2,1-2H3. The quantitative estimate of drug-likeness (QED) is 0.626. The number of amides is 1. The molecule has 100 valence electrons. The second-order valence-corrected chi connectivity index (χ2v) is 5.72. The van der Waals surface area contributed by atoms with Gasteiger partial charge >= 0.3 is 0 Å². The van der Waals surface area contributed by atoms with Gasteiger partial charge in [0.2, 0.25) is 15.9 Å². The molecule has 7 nitrogen and oxygen atoms in total. The fraction of sp³-hybridized carbons (Fsp3) is 0.889. The van der Waals surface area contributed by atoms with Gasteiger partial charge in [0.25, 0.3) is 0 Å². The number of hydrogen-bond acceptors (Lipinski definition) is 5. The first-order valence-electron chi connectivity index (χ1n) is 5.25. The maximum absolute atomic E-state index is 11.5. The first-order valence-corrected chi connectivity index (χ1v) is 7.14. The monoisotopic (exact) mass is 266 g/mol. The van der Waals surface area contributed by atoms with Crippen molar-refractivity contribution in [1.82, 2.24) is 9.62 Å². The van der Waals surface area contributed by atoms with Crippen molar-refractivity contribution in [2.45, 2.75) is 6.10 Å². The van der Waals surface area contributed by atoms with E-state index in [4.69, 9.17) is 9.47 Å². The van der Waals surface area contributed by atoms with Crippen molar-refractivity contribution in [3.8, 4) is 0 Å². The number of rotatable bonds is 6. The third kappa shape index (κ3) is 5.44. The van der Waals surface area contributed by atoms with Gasteiger partial charge in [-0.3, -0.25) is 4.79 Å². The van der Waals surface area contributed by atoms with Crippen LogP contribution in [0.15, 0.2) is 0 Å². The van der Waals surface area contributed by atoms with Crippen molar-refractivity contribution in [1.29, 1.82) is 0 Å². The molecule has 0 bridgehead atoms. The molecule has 1 unspecified atom stereocenters. The minimum Gasteiger partial charge on any atom is -0.383 e. The summed E-state index contributed by atoms with van der Waals surface area (Å²) in [7, 11) is -1.67. The highest BCUT2D eigenvalue weighted by Gasteiger charge is 2.26. The average molecular weight is 266 g/mol. The Morgan fingerprint density at radius 2 is 2.29 bits per heavy atom. The summed E-state index contributed by atoms with van der Waals surface area (Å²) in [6.07, 6.45) is 0.781. The molecule has 0 aromatic rings. The molecule has 1 heterocycles. The van der Waals surface area contributed by atoms with E-state index < -0.39 is 10.0 Å². The Bertz CT molecular complexity index is 356. The molecule has 1 aliphatic heterocycles. The fourth-order valence-corrected chi connectivity index (χ4v) is 1.95. The first-order chi connectivity index (χ1) is 7.92. The summed E-state index contributed by atoms with van der Waals surface area (Å²) in [6.45, 7) is 1.49. The second-order valence-electron chi connectivity index (χ2n) is 3.89. The largest absolute Gasteiger partial charge is 0.383 e. The molecule has 17 heavy (non-hydrogen) atoms. The molecule has 0 radical (unpaired) electrons. The van der Waals surface area contributed by atoms with Gasteiger partial charge in [-0.2, -0.15) is 0 Å².